The van der Waals surface area contributed by atoms with Crippen LogP contribution < -0.4 is 0 Å². The normalized spacial score (nSPS) is 12.1. The van der Waals surface area contributed by atoms with Gasteiger partial charge in [0.1, 0.15) is 0 Å². The number of benzene rings is 2. The van der Waals surface area contributed by atoms with Crippen molar-refractivity contribution in [2.45, 2.75) is 4.83 Å². The summed E-state index contributed by atoms with van der Waals surface area (Å²) in [5, 5.41) is 9.14. The lowest BCUT2D eigenvalue weighted by Gasteiger charge is -2.13. The Balaban J connectivity index is 2.44. The minimum atomic E-state index is -0.902. The van der Waals surface area contributed by atoms with Crippen molar-refractivity contribution in [1.29, 1.82) is 0 Å². The first kappa shape index (κ1) is 11.9. The summed E-state index contributed by atoms with van der Waals surface area (Å²) in [5.74, 6) is -0.902. The van der Waals surface area contributed by atoms with Gasteiger partial charge in [-0.2, -0.15) is 0 Å². The molecule has 0 aromatic heterocycles. The fraction of sp³-hybridized carbons (Fsp3) is 0.0714. The highest BCUT2D eigenvalue weighted by atomic mass is 79.9. The third-order valence-corrected chi connectivity index (χ3v) is 3.58. The van der Waals surface area contributed by atoms with E-state index in [-0.39, 0.29) is 4.83 Å². The zero-order chi connectivity index (χ0) is 12.3. The number of alkyl halides is 1. The van der Waals surface area contributed by atoms with Crippen LogP contribution in [-0.2, 0) is 0 Å². The van der Waals surface area contributed by atoms with Crippen LogP contribution in [0.15, 0.2) is 54.6 Å². The van der Waals surface area contributed by atoms with Gasteiger partial charge in [-0.1, -0.05) is 64.5 Å². The molecule has 86 valence electrons. The fourth-order valence-electron chi connectivity index (χ4n) is 1.71. The Morgan fingerprint density at radius 1 is 1.00 bits per heavy atom. The first-order valence-corrected chi connectivity index (χ1v) is 6.13. The highest BCUT2D eigenvalue weighted by Crippen LogP contribution is 2.32. The zero-order valence-electron chi connectivity index (χ0n) is 9.01. The molecule has 0 saturated heterocycles. The van der Waals surface area contributed by atoms with Crippen molar-refractivity contribution in [3.05, 3.63) is 71.3 Å². The van der Waals surface area contributed by atoms with E-state index in [9.17, 15) is 4.79 Å². The predicted octanol–water partition coefficient (Wildman–Crippen LogP) is 3.87. The van der Waals surface area contributed by atoms with Gasteiger partial charge >= 0.3 is 5.97 Å². The van der Waals surface area contributed by atoms with Gasteiger partial charge in [0, 0.05) is 0 Å². The van der Waals surface area contributed by atoms with Crippen LogP contribution in [0, 0.1) is 0 Å². The quantitative estimate of drug-likeness (QED) is 0.872. The number of hydrogen-bond donors (Lipinski definition) is 1. The lowest BCUT2D eigenvalue weighted by atomic mass is 10.00. The monoisotopic (exact) mass is 290 g/mol. The molecular formula is C14H11BrO2. The second-order valence-electron chi connectivity index (χ2n) is 3.67. The molecule has 2 rings (SSSR count). The maximum Gasteiger partial charge on any atom is 0.336 e. The molecule has 0 heterocycles. The summed E-state index contributed by atoms with van der Waals surface area (Å²) < 4.78 is 0. The van der Waals surface area contributed by atoms with Crippen molar-refractivity contribution in [3.8, 4) is 0 Å². The summed E-state index contributed by atoms with van der Waals surface area (Å²) >= 11 is 3.55. The van der Waals surface area contributed by atoms with Crippen LogP contribution in [0.1, 0.15) is 26.3 Å². The van der Waals surface area contributed by atoms with Gasteiger partial charge in [0.05, 0.1) is 10.4 Å². The highest BCUT2D eigenvalue weighted by Gasteiger charge is 2.17. The molecule has 0 amide bonds. The molecule has 0 saturated carbocycles. The largest absolute Gasteiger partial charge is 0.478 e. The van der Waals surface area contributed by atoms with Gasteiger partial charge in [-0.15, -0.1) is 0 Å². The van der Waals surface area contributed by atoms with Crippen LogP contribution in [0.4, 0.5) is 0 Å². The average molecular weight is 291 g/mol. The Kier molecular flexibility index (Phi) is 3.59. The van der Waals surface area contributed by atoms with E-state index in [4.69, 9.17) is 5.11 Å². The van der Waals surface area contributed by atoms with Gasteiger partial charge in [-0.25, -0.2) is 4.79 Å². The van der Waals surface area contributed by atoms with Crippen molar-refractivity contribution in [3.63, 3.8) is 0 Å². The number of halogens is 1. The molecule has 17 heavy (non-hydrogen) atoms. The van der Waals surface area contributed by atoms with E-state index in [0.717, 1.165) is 11.1 Å². The summed E-state index contributed by atoms with van der Waals surface area (Å²) in [6.45, 7) is 0. The molecule has 0 aliphatic rings. The smallest absolute Gasteiger partial charge is 0.336 e. The number of hydrogen-bond acceptors (Lipinski definition) is 1. The molecule has 0 radical (unpaired) electrons. The second-order valence-corrected chi connectivity index (χ2v) is 4.58. The molecule has 3 heteroatoms. The minimum Gasteiger partial charge on any atom is -0.478 e. The molecule has 2 aromatic carbocycles. The van der Waals surface area contributed by atoms with Crippen molar-refractivity contribution in [2.75, 3.05) is 0 Å². The number of carboxylic acids is 1. The molecule has 0 aliphatic carbocycles. The van der Waals surface area contributed by atoms with E-state index in [2.05, 4.69) is 15.9 Å². The van der Waals surface area contributed by atoms with E-state index < -0.39 is 5.97 Å². The van der Waals surface area contributed by atoms with Gasteiger partial charge in [0.15, 0.2) is 0 Å². The molecular weight excluding hydrogens is 280 g/mol. The van der Waals surface area contributed by atoms with Crippen molar-refractivity contribution in [1.82, 2.24) is 0 Å². The van der Waals surface area contributed by atoms with Crippen molar-refractivity contribution in [2.24, 2.45) is 0 Å². The Morgan fingerprint density at radius 2 is 1.59 bits per heavy atom. The minimum absolute atomic E-state index is 0.101. The molecule has 0 aliphatic heterocycles. The number of aromatic carboxylic acids is 1. The number of carbonyl (C=O) groups is 1. The first-order valence-electron chi connectivity index (χ1n) is 5.21. The topological polar surface area (TPSA) is 37.3 Å². The zero-order valence-corrected chi connectivity index (χ0v) is 10.6. The van der Waals surface area contributed by atoms with E-state index >= 15 is 0 Å². The molecule has 1 N–H and O–H groups in total. The SMILES string of the molecule is O=C(O)c1ccccc1[C@@H](Br)c1ccccc1. The lowest BCUT2D eigenvalue weighted by Crippen LogP contribution is -2.04. The average Bonchev–Trinajstić information content (AvgIpc) is 2.39. The van der Waals surface area contributed by atoms with Crippen LogP contribution in [-0.4, -0.2) is 11.1 Å². The Hall–Kier alpha value is -1.61. The van der Waals surface area contributed by atoms with Crippen LogP contribution >= 0.6 is 15.9 Å². The third-order valence-electron chi connectivity index (χ3n) is 2.56. The Labute approximate surface area is 108 Å². The van der Waals surface area contributed by atoms with Crippen molar-refractivity contribution < 1.29 is 9.90 Å². The Morgan fingerprint density at radius 3 is 2.24 bits per heavy atom. The molecule has 0 spiro atoms. The van der Waals surface area contributed by atoms with Crippen LogP contribution in [0.2, 0.25) is 0 Å². The van der Waals surface area contributed by atoms with E-state index in [1.54, 1.807) is 12.1 Å². The lowest BCUT2D eigenvalue weighted by molar-refractivity contribution is 0.0696. The van der Waals surface area contributed by atoms with Gasteiger partial charge in [-0.3, -0.25) is 0 Å². The van der Waals surface area contributed by atoms with Crippen LogP contribution in [0.25, 0.3) is 0 Å². The first-order chi connectivity index (χ1) is 8.20. The van der Waals surface area contributed by atoms with E-state index in [0.29, 0.717) is 5.56 Å². The maximum atomic E-state index is 11.1. The summed E-state index contributed by atoms with van der Waals surface area (Å²) in [6.07, 6.45) is 0. The van der Waals surface area contributed by atoms with Crippen molar-refractivity contribution >= 4 is 21.9 Å². The van der Waals surface area contributed by atoms with E-state index in [1.807, 2.05) is 42.5 Å². The van der Waals surface area contributed by atoms with Gasteiger partial charge in [-0.05, 0) is 17.2 Å². The Bertz CT molecular complexity index is 523. The molecule has 0 unspecified atom stereocenters. The summed E-state index contributed by atoms with van der Waals surface area (Å²) in [7, 11) is 0. The maximum absolute atomic E-state index is 11.1. The highest BCUT2D eigenvalue weighted by molar-refractivity contribution is 9.09. The number of rotatable bonds is 3. The molecule has 0 fully saturated rings. The predicted molar refractivity (Wildman–Crippen MR) is 70.6 cm³/mol. The second kappa shape index (κ2) is 5.15. The van der Waals surface area contributed by atoms with Crippen LogP contribution in [0.3, 0.4) is 0 Å². The molecule has 0 bridgehead atoms. The number of carboxylic acid groups (broad SMARTS) is 1. The standard InChI is InChI=1S/C14H11BrO2/c15-13(10-6-2-1-3-7-10)11-8-4-5-9-12(11)14(16)17/h1-9,13H,(H,16,17)/t13-/m0/s1. The van der Waals surface area contributed by atoms with E-state index in [1.165, 1.54) is 0 Å². The van der Waals surface area contributed by atoms with Gasteiger partial charge in [0.25, 0.3) is 0 Å². The fourth-order valence-corrected chi connectivity index (χ4v) is 2.42. The van der Waals surface area contributed by atoms with Gasteiger partial charge < -0.3 is 5.11 Å². The summed E-state index contributed by atoms with van der Waals surface area (Å²) in [4.78, 5) is 11.0. The molecule has 1 atom stereocenters. The summed E-state index contributed by atoms with van der Waals surface area (Å²) in [5.41, 5.74) is 2.14. The van der Waals surface area contributed by atoms with Gasteiger partial charge in [0.2, 0.25) is 0 Å². The third kappa shape index (κ3) is 2.56. The summed E-state index contributed by atoms with van der Waals surface area (Å²) in [6, 6.07) is 16.8. The van der Waals surface area contributed by atoms with Crippen LogP contribution in [0.5, 0.6) is 0 Å². The molecule has 2 aromatic rings. The molecule has 2 nitrogen and oxygen atoms in total.